The molecule has 10 heteroatoms. The summed E-state index contributed by atoms with van der Waals surface area (Å²) in [6.07, 6.45) is 0. The Labute approximate surface area is 179 Å². The highest BCUT2D eigenvalue weighted by Crippen LogP contribution is 2.26. The summed E-state index contributed by atoms with van der Waals surface area (Å²) in [6, 6.07) is 13.8. The standard InChI is InChI=1S/C20H13ClF2N2O3S2/c21-15-4-2-1-3-12(15)11-25-18-8-6-14(10-19(18)29-20(25)26)30(27,28)24-17-7-5-13(22)9-16(17)23/h1-10,24H,11H2. The number of nitrogens with zero attached hydrogens (tertiary/aromatic N) is 1. The van der Waals surface area contributed by atoms with E-state index < -0.39 is 21.7 Å². The largest absolute Gasteiger partial charge is 0.308 e. The smallest absolute Gasteiger partial charge is 0.294 e. The molecule has 0 aliphatic carbocycles. The zero-order valence-electron chi connectivity index (χ0n) is 15.1. The fraction of sp³-hybridized carbons (Fsp3) is 0.0500. The van der Waals surface area contributed by atoms with Crippen LogP contribution < -0.4 is 9.60 Å². The molecular weight excluding hydrogens is 454 g/mol. The third-order valence-electron chi connectivity index (χ3n) is 4.41. The maximum absolute atomic E-state index is 13.8. The molecule has 30 heavy (non-hydrogen) atoms. The number of thiazole rings is 1. The monoisotopic (exact) mass is 466 g/mol. The van der Waals surface area contributed by atoms with Gasteiger partial charge in [-0.25, -0.2) is 17.2 Å². The van der Waals surface area contributed by atoms with Crippen LogP contribution in [-0.2, 0) is 16.6 Å². The predicted octanol–water partition coefficient (Wildman–Crippen LogP) is 4.84. The number of nitrogens with one attached hydrogen (secondary N) is 1. The van der Waals surface area contributed by atoms with Crippen LogP contribution in [0.2, 0.25) is 5.02 Å². The number of aromatic nitrogens is 1. The van der Waals surface area contributed by atoms with Crippen LogP contribution in [0.5, 0.6) is 0 Å². The molecule has 0 aliphatic heterocycles. The van der Waals surface area contributed by atoms with Crippen molar-refractivity contribution in [3.05, 3.63) is 92.6 Å². The fourth-order valence-electron chi connectivity index (χ4n) is 2.94. The molecule has 0 amide bonds. The molecule has 0 bridgehead atoms. The molecule has 4 aromatic rings. The van der Waals surface area contributed by atoms with Crippen molar-refractivity contribution >= 4 is 48.9 Å². The summed E-state index contributed by atoms with van der Waals surface area (Å²) in [5.74, 6) is -1.85. The first-order chi connectivity index (χ1) is 14.2. The third kappa shape index (κ3) is 3.96. The molecule has 1 heterocycles. The molecule has 0 aliphatic rings. The summed E-state index contributed by atoms with van der Waals surface area (Å²) in [7, 11) is -4.15. The lowest BCUT2D eigenvalue weighted by Crippen LogP contribution is -2.15. The van der Waals surface area contributed by atoms with Gasteiger partial charge in [0.15, 0.2) is 0 Å². The van der Waals surface area contributed by atoms with Gasteiger partial charge in [0.25, 0.3) is 10.0 Å². The van der Waals surface area contributed by atoms with E-state index in [1.807, 2.05) is 6.07 Å². The van der Waals surface area contributed by atoms with Gasteiger partial charge in [-0.2, -0.15) is 0 Å². The van der Waals surface area contributed by atoms with Crippen molar-refractivity contribution in [2.45, 2.75) is 11.4 Å². The number of anilines is 1. The second-order valence-electron chi connectivity index (χ2n) is 6.40. The normalized spacial score (nSPS) is 11.7. The van der Waals surface area contributed by atoms with Gasteiger partial charge in [0.05, 0.1) is 27.3 Å². The molecule has 154 valence electrons. The average molecular weight is 467 g/mol. The quantitative estimate of drug-likeness (QED) is 0.457. The number of hydrogen-bond donors (Lipinski definition) is 1. The van der Waals surface area contributed by atoms with Gasteiger partial charge in [-0.3, -0.25) is 14.1 Å². The highest BCUT2D eigenvalue weighted by molar-refractivity contribution is 7.92. The molecule has 0 saturated heterocycles. The van der Waals surface area contributed by atoms with E-state index >= 15 is 0 Å². The van der Waals surface area contributed by atoms with Crippen LogP contribution in [0.3, 0.4) is 0 Å². The van der Waals surface area contributed by atoms with E-state index in [-0.39, 0.29) is 22.0 Å². The summed E-state index contributed by atoms with van der Waals surface area (Å²) in [5, 5.41) is 0.522. The first-order valence-corrected chi connectivity index (χ1v) is 11.3. The molecule has 0 spiro atoms. The van der Waals surface area contributed by atoms with Gasteiger partial charge < -0.3 is 0 Å². The Bertz CT molecular complexity index is 1430. The van der Waals surface area contributed by atoms with Gasteiger partial charge in [-0.05, 0) is 42.0 Å². The fourth-order valence-corrected chi connectivity index (χ4v) is 5.23. The Morgan fingerprint density at radius 2 is 1.80 bits per heavy atom. The second kappa shape index (κ2) is 7.82. The number of hydrogen-bond acceptors (Lipinski definition) is 4. The number of rotatable bonds is 5. The van der Waals surface area contributed by atoms with Crippen molar-refractivity contribution in [3.8, 4) is 0 Å². The molecule has 3 aromatic carbocycles. The van der Waals surface area contributed by atoms with Crippen LogP contribution in [-0.4, -0.2) is 13.0 Å². The Morgan fingerprint density at radius 3 is 2.53 bits per heavy atom. The van der Waals surface area contributed by atoms with Crippen LogP contribution in [0.1, 0.15) is 5.56 Å². The molecule has 0 saturated carbocycles. The van der Waals surface area contributed by atoms with Crippen LogP contribution in [0.15, 0.2) is 70.4 Å². The van der Waals surface area contributed by atoms with Crippen LogP contribution in [0.4, 0.5) is 14.5 Å². The van der Waals surface area contributed by atoms with Gasteiger partial charge >= 0.3 is 4.87 Å². The summed E-state index contributed by atoms with van der Waals surface area (Å²) in [5.41, 5.74) is 0.934. The first-order valence-electron chi connectivity index (χ1n) is 8.59. The third-order valence-corrected chi connectivity index (χ3v) is 7.09. The lowest BCUT2D eigenvalue weighted by atomic mass is 10.2. The van der Waals surface area contributed by atoms with Crippen molar-refractivity contribution in [3.63, 3.8) is 0 Å². The first kappa shape index (κ1) is 20.5. The molecule has 1 N–H and O–H groups in total. The molecule has 5 nitrogen and oxygen atoms in total. The predicted molar refractivity (Wildman–Crippen MR) is 114 cm³/mol. The Balaban J connectivity index is 1.70. The van der Waals surface area contributed by atoms with E-state index in [9.17, 15) is 22.0 Å². The van der Waals surface area contributed by atoms with E-state index in [0.29, 0.717) is 21.3 Å². The van der Waals surface area contributed by atoms with Crippen LogP contribution in [0.25, 0.3) is 10.2 Å². The molecule has 0 radical (unpaired) electrons. The summed E-state index contributed by atoms with van der Waals surface area (Å²) >= 11 is 7.07. The minimum Gasteiger partial charge on any atom is -0.294 e. The molecule has 0 fully saturated rings. The number of benzene rings is 3. The summed E-state index contributed by atoms with van der Waals surface area (Å²) in [4.78, 5) is 12.1. The zero-order valence-corrected chi connectivity index (χ0v) is 17.5. The average Bonchev–Trinajstić information content (AvgIpc) is 3.00. The van der Waals surface area contributed by atoms with Gasteiger partial charge in [0.2, 0.25) is 0 Å². The minimum atomic E-state index is -4.15. The Hall–Kier alpha value is -2.75. The van der Waals surface area contributed by atoms with E-state index in [1.54, 1.807) is 18.2 Å². The molecule has 0 atom stereocenters. The van der Waals surface area contributed by atoms with Crippen molar-refractivity contribution in [1.29, 1.82) is 0 Å². The van der Waals surface area contributed by atoms with Crippen molar-refractivity contribution in [2.24, 2.45) is 0 Å². The van der Waals surface area contributed by atoms with Crippen LogP contribution in [0, 0.1) is 11.6 Å². The van der Waals surface area contributed by atoms with E-state index in [0.717, 1.165) is 29.0 Å². The minimum absolute atomic E-state index is 0.148. The Morgan fingerprint density at radius 1 is 1.03 bits per heavy atom. The van der Waals surface area contributed by atoms with E-state index in [1.165, 1.54) is 22.8 Å². The van der Waals surface area contributed by atoms with E-state index in [2.05, 4.69) is 4.72 Å². The molecule has 1 aromatic heterocycles. The van der Waals surface area contributed by atoms with Gasteiger partial charge in [-0.15, -0.1) is 0 Å². The summed E-state index contributed by atoms with van der Waals surface area (Å²) < 4.78 is 56.2. The molecular formula is C20H13ClF2N2O3S2. The highest BCUT2D eigenvalue weighted by atomic mass is 35.5. The Kier molecular flexibility index (Phi) is 5.35. The number of fused-ring (bicyclic) bond motifs is 1. The van der Waals surface area contributed by atoms with E-state index in [4.69, 9.17) is 11.6 Å². The SMILES string of the molecule is O=c1sc2cc(S(=O)(=O)Nc3ccc(F)cc3F)ccc2n1Cc1ccccc1Cl. The maximum atomic E-state index is 13.8. The van der Waals surface area contributed by atoms with Crippen LogP contribution >= 0.6 is 22.9 Å². The second-order valence-corrected chi connectivity index (χ2v) is 9.49. The lowest BCUT2D eigenvalue weighted by molar-refractivity contribution is 0.583. The topological polar surface area (TPSA) is 68.2 Å². The lowest BCUT2D eigenvalue weighted by Gasteiger charge is -2.10. The number of sulfonamides is 1. The number of halogens is 3. The molecule has 4 rings (SSSR count). The summed E-state index contributed by atoms with van der Waals surface area (Å²) in [6.45, 7) is 0.240. The van der Waals surface area contributed by atoms with Crippen molar-refractivity contribution in [1.82, 2.24) is 4.57 Å². The van der Waals surface area contributed by atoms with Crippen molar-refractivity contribution < 1.29 is 17.2 Å². The van der Waals surface area contributed by atoms with Crippen molar-refractivity contribution in [2.75, 3.05) is 4.72 Å². The van der Waals surface area contributed by atoms with Gasteiger partial charge in [0.1, 0.15) is 11.6 Å². The highest BCUT2D eigenvalue weighted by Gasteiger charge is 2.19. The maximum Gasteiger partial charge on any atom is 0.308 e. The molecule has 0 unspecified atom stereocenters. The van der Waals surface area contributed by atoms with Gasteiger partial charge in [-0.1, -0.05) is 41.1 Å². The van der Waals surface area contributed by atoms with Gasteiger partial charge in [0, 0.05) is 11.1 Å². The zero-order chi connectivity index (χ0) is 21.5.